The molecule has 236 valence electrons. The van der Waals surface area contributed by atoms with Crippen molar-refractivity contribution >= 4 is 27.5 Å². The maximum atomic E-state index is 14.5. The van der Waals surface area contributed by atoms with E-state index in [2.05, 4.69) is 5.32 Å². The Labute approximate surface area is 266 Å². The first-order valence-electron chi connectivity index (χ1n) is 15.0. The highest BCUT2D eigenvalue weighted by Gasteiger charge is 2.34. The molecule has 0 unspecified atom stereocenters. The Balaban J connectivity index is 1.78. The van der Waals surface area contributed by atoms with Gasteiger partial charge in [-0.15, -0.1) is 0 Å². The summed E-state index contributed by atoms with van der Waals surface area (Å²) in [7, 11) is -2.68. The van der Waals surface area contributed by atoms with Crippen molar-refractivity contribution in [3.63, 3.8) is 0 Å². The molecule has 9 heteroatoms. The second-order valence-electron chi connectivity index (χ2n) is 11.3. The summed E-state index contributed by atoms with van der Waals surface area (Å²) in [6.45, 7) is 6.03. The average molecular weight is 628 g/mol. The average Bonchev–Trinajstić information content (AvgIpc) is 3.05. The predicted molar refractivity (Wildman–Crippen MR) is 177 cm³/mol. The van der Waals surface area contributed by atoms with Crippen LogP contribution in [0.1, 0.15) is 30.5 Å². The number of methoxy groups -OCH3 is 1. The smallest absolute Gasteiger partial charge is 0.264 e. The van der Waals surface area contributed by atoms with Crippen molar-refractivity contribution < 1.29 is 22.7 Å². The molecule has 0 fully saturated rings. The van der Waals surface area contributed by atoms with Crippen LogP contribution in [0.5, 0.6) is 5.75 Å². The Hall–Kier alpha value is -4.63. The second-order valence-corrected chi connectivity index (χ2v) is 13.2. The molecule has 8 nitrogen and oxygen atoms in total. The van der Waals surface area contributed by atoms with Crippen LogP contribution in [0, 0.1) is 12.8 Å². The lowest BCUT2D eigenvalue weighted by Gasteiger charge is -2.34. The molecule has 4 aromatic rings. The highest BCUT2D eigenvalue weighted by molar-refractivity contribution is 7.92. The number of hydrogen-bond donors (Lipinski definition) is 1. The van der Waals surface area contributed by atoms with Crippen molar-refractivity contribution in [3.05, 3.63) is 126 Å². The highest BCUT2D eigenvalue weighted by Crippen LogP contribution is 2.26. The number of nitrogens with one attached hydrogen (secondary N) is 1. The van der Waals surface area contributed by atoms with Crippen LogP contribution in [-0.4, -0.2) is 51.4 Å². The third-order valence-corrected chi connectivity index (χ3v) is 9.32. The lowest BCUT2D eigenvalue weighted by atomic mass is 10.0. The number of amides is 2. The second kappa shape index (κ2) is 15.4. The molecule has 4 rings (SSSR count). The summed E-state index contributed by atoms with van der Waals surface area (Å²) in [4.78, 5) is 29.9. The molecular formula is C36H41N3O5S. The third-order valence-electron chi connectivity index (χ3n) is 7.53. The van der Waals surface area contributed by atoms with E-state index < -0.39 is 28.5 Å². The summed E-state index contributed by atoms with van der Waals surface area (Å²) >= 11 is 0. The van der Waals surface area contributed by atoms with Crippen LogP contribution >= 0.6 is 0 Å². The van der Waals surface area contributed by atoms with Gasteiger partial charge in [0.25, 0.3) is 10.0 Å². The Kier molecular flexibility index (Phi) is 11.4. The quantitative estimate of drug-likeness (QED) is 0.196. The molecular weight excluding hydrogens is 586 g/mol. The van der Waals surface area contributed by atoms with Crippen LogP contribution in [0.25, 0.3) is 0 Å². The first-order chi connectivity index (χ1) is 21.6. The minimum absolute atomic E-state index is 0.0147. The largest absolute Gasteiger partial charge is 0.497 e. The van der Waals surface area contributed by atoms with Crippen molar-refractivity contribution in [2.24, 2.45) is 5.92 Å². The molecule has 0 saturated heterocycles. The molecule has 45 heavy (non-hydrogen) atoms. The van der Waals surface area contributed by atoms with Gasteiger partial charge in [0.05, 0.1) is 17.7 Å². The van der Waals surface area contributed by atoms with Crippen molar-refractivity contribution in [2.75, 3.05) is 24.5 Å². The molecule has 0 radical (unpaired) electrons. The molecule has 1 N–H and O–H groups in total. The van der Waals surface area contributed by atoms with E-state index in [0.29, 0.717) is 18.0 Å². The fraction of sp³-hybridized carbons (Fsp3) is 0.278. The molecule has 0 spiro atoms. The number of nitrogens with zero attached hydrogens (tertiary/aromatic N) is 2. The van der Waals surface area contributed by atoms with Gasteiger partial charge >= 0.3 is 0 Å². The molecule has 0 aliphatic rings. The van der Waals surface area contributed by atoms with E-state index in [1.165, 1.54) is 24.1 Å². The highest BCUT2D eigenvalue weighted by atomic mass is 32.2. The number of hydrogen-bond acceptors (Lipinski definition) is 5. The topological polar surface area (TPSA) is 96.0 Å². The van der Waals surface area contributed by atoms with E-state index in [9.17, 15) is 18.0 Å². The number of carbonyl (C=O) groups excluding carboxylic acids is 2. The van der Waals surface area contributed by atoms with Gasteiger partial charge in [0, 0.05) is 19.5 Å². The molecule has 0 aliphatic carbocycles. The van der Waals surface area contributed by atoms with Gasteiger partial charge in [-0.3, -0.25) is 13.9 Å². The monoisotopic (exact) mass is 627 g/mol. The normalized spacial score (nSPS) is 11.9. The fourth-order valence-corrected chi connectivity index (χ4v) is 6.36. The lowest BCUT2D eigenvalue weighted by molar-refractivity contribution is -0.140. The van der Waals surface area contributed by atoms with Gasteiger partial charge in [0.1, 0.15) is 18.3 Å². The number of carbonyl (C=O) groups is 2. The summed E-state index contributed by atoms with van der Waals surface area (Å²) in [5.41, 5.74) is 3.05. The SMILES string of the molecule is COc1ccc(S(=O)(=O)N(CC(=O)N(Cc2ccccc2C)[C@H](Cc2ccccc2)C(=O)NCC(C)C)c2ccccc2)cc1. The van der Waals surface area contributed by atoms with Gasteiger partial charge in [-0.2, -0.15) is 0 Å². The molecule has 0 aliphatic heterocycles. The Bertz CT molecular complexity index is 1660. The number of anilines is 1. The molecule has 0 aromatic heterocycles. The maximum Gasteiger partial charge on any atom is 0.264 e. The van der Waals surface area contributed by atoms with E-state index in [1.54, 1.807) is 42.5 Å². The summed E-state index contributed by atoms with van der Waals surface area (Å²) < 4.78 is 34.5. The van der Waals surface area contributed by atoms with Gasteiger partial charge < -0.3 is 15.0 Å². The Morgan fingerprint density at radius 3 is 2.02 bits per heavy atom. The van der Waals surface area contributed by atoms with Crippen LogP contribution in [0.2, 0.25) is 0 Å². The summed E-state index contributed by atoms with van der Waals surface area (Å²) in [6.07, 6.45) is 0.263. The Morgan fingerprint density at radius 1 is 0.822 bits per heavy atom. The summed E-state index contributed by atoms with van der Waals surface area (Å²) in [5, 5.41) is 3.01. The number of rotatable bonds is 14. The van der Waals surface area contributed by atoms with Crippen LogP contribution in [0.4, 0.5) is 5.69 Å². The minimum Gasteiger partial charge on any atom is -0.497 e. The number of sulfonamides is 1. The fourth-order valence-electron chi connectivity index (χ4n) is 4.95. The lowest BCUT2D eigenvalue weighted by Crippen LogP contribution is -2.53. The third kappa shape index (κ3) is 8.73. The zero-order chi connectivity index (χ0) is 32.4. The van der Waals surface area contributed by atoms with Gasteiger partial charge in [-0.05, 0) is 65.9 Å². The molecule has 2 amide bonds. The molecule has 4 aromatic carbocycles. The summed E-state index contributed by atoms with van der Waals surface area (Å²) in [6, 6.07) is 30.9. The van der Waals surface area contributed by atoms with Crippen molar-refractivity contribution in [1.82, 2.24) is 10.2 Å². The predicted octanol–water partition coefficient (Wildman–Crippen LogP) is 5.61. The van der Waals surface area contributed by atoms with Gasteiger partial charge in [-0.25, -0.2) is 8.42 Å². The van der Waals surface area contributed by atoms with Crippen LogP contribution in [0.3, 0.4) is 0 Å². The van der Waals surface area contributed by atoms with Crippen LogP contribution in [-0.2, 0) is 32.6 Å². The number of ether oxygens (including phenoxy) is 1. The number of aryl methyl sites for hydroxylation is 1. The standard InChI is InChI=1S/C36H41N3O5S/c1-27(2)24-37-36(41)34(23-29-14-7-5-8-15-29)38(25-30-16-12-11-13-28(30)3)35(40)26-39(31-17-9-6-10-18-31)45(42,43)33-21-19-32(44-4)20-22-33/h5-22,27,34H,23-26H2,1-4H3,(H,37,41)/t34-/m1/s1. The minimum atomic E-state index is -4.19. The van der Waals surface area contributed by atoms with Crippen molar-refractivity contribution in [3.8, 4) is 5.75 Å². The van der Waals surface area contributed by atoms with Crippen LogP contribution < -0.4 is 14.4 Å². The van der Waals surface area contributed by atoms with E-state index >= 15 is 0 Å². The molecule has 1 atom stereocenters. The van der Waals surface area contributed by atoms with Crippen LogP contribution in [0.15, 0.2) is 114 Å². The van der Waals surface area contributed by atoms with E-state index in [4.69, 9.17) is 4.74 Å². The molecule has 0 bridgehead atoms. The zero-order valence-corrected chi connectivity index (χ0v) is 27.0. The number of para-hydroxylation sites is 1. The first-order valence-corrected chi connectivity index (χ1v) is 16.4. The van der Waals surface area contributed by atoms with Crippen molar-refractivity contribution in [1.29, 1.82) is 0 Å². The van der Waals surface area contributed by atoms with E-state index in [0.717, 1.165) is 21.0 Å². The number of benzene rings is 4. The van der Waals surface area contributed by atoms with Gasteiger partial charge in [0.15, 0.2) is 0 Å². The summed E-state index contributed by atoms with van der Waals surface area (Å²) in [5.74, 6) is -0.0782. The maximum absolute atomic E-state index is 14.5. The zero-order valence-electron chi connectivity index (χ0n) is 26.2. The Morgan fingerprint density at radius 2 is 1.42 bits per heavy atom. The molecule has 0 saturated carbocycles. The first kappa shape index (κ1) is 33.3. The van der Waals surface area contributed by atoms with Crippen molar-refractivity contribution in [2.45, 2.75) is 44.7 Å². The van der Waals surface area contributed by atoms with Gasteiger partial charge in [0.2, 0.25) is 11.8 Å². The van der Waals surface area contributed by atoms with E-state index in [1.807, 2.05) is 75.4 Å². The molecule has 0 heterocycles. The van der Waals surface area contributed by atoms with E-state index in [-0.39, 0.29) is 29.7 Å². The van der Waals surface area contributed by atoms with Gasteiger partial charge in [-0.1, -0.05) is 86.6 Å².